The smallest absolute Gasteiger partial charge is 0.331 e. The molecule has 2 N–H and O–H groups in total. The summed E-state index contributed by atoms with van der Waals surface area (Å²) >= 11 is 0. The maximum Gasteiger partial charge on any atom is 0.331 e. The summed E-state index contributed by atoms with van der Waals surface area (Å²) in [6, 6.07) is 2.93. The average Bonchev–Trinajstić information content (AvgIpc) is 2.87. The molecule has 2 unspecified atom stereocenters. The Hall–Kier alpha value is -2.88. The van der Waals surface area contributed by atoms with Gasteiger partial charge in [-0.3, -0.25) is 10.1 Å². The van der Waals surface area contributed by atoms with Crippen molar-refractivity contribution in [2.24, 2.45) is 0 Å². The fourth-order valence-corrected chi connectivity index (χ4v) is 2.03. The lowest BCUT2D eigenvalue weighted by Crippen LogP contribution is -2.30. The number of carbonyl (C=O) groups is 1. The zero-order valence-corrected chi connectivity index (χ0v) is 11.7. The van der Waals surface area contributed by atoms with Crippen molar-refractivity contribution in [3.8, 4) is 11.4 Å². The van der Waals surface area contributed by atoms with Crippen LogP contribution >= 0.6 is 0 Å². The number of aliphatic carboxylic acids is 1. The Labute approximate surface area is 124 Å². The third kappa shape index (κ3) is 2.76. The minimum Gasteiger partial charge on any atom is -0.480 e. The van der Waals surface area contributed by atoms with Crippen LogP contribution in [0.2, 0.25) is 0 Å². The van der Waals surface area contributed by atoms with E-state index in [1.54, 1.807) is 13.0 Å². The summed E-state index contributed by atoms with van der Waals surface area (Å²) in [6.07, 6.45) is -1.25. The summed E-state index contributed by atoms with van der Waals surface area (Å²) < 4.78 is 0.932. The van der Waals surface area contributed by atoms with Crippen LogP contribution in [0, 0.1) is 17.0 Å². The van der Waals surface area contributed by atoms with E-state index in [4.69, 9.17) is 0 Å². The van der Waals surface area contributed by atoms with Gasteiger partial charge < -0.3 is 10.2 Å². The topological polar surface area (TPSA) is 144 Å². The molecule has 0 radical (unpaired) electrons. The Balaban J connectivity index is 2.56. The van der Waals surface area contributed by atoms with E-state index in [0.29, 0.717) is 5.56 Å². The normalized spacial score (nSPS) is 13.6. The number of hydrogen-bond donors (Lipinski definition) is 2. The van der Waals surface area contributed by atoms with Gasteiger partial charge in [0.1, 0.15) is 0 Å². The summed E-state index contributed by atoms with van der Waals surface area (Å²) in [5, 5.41) is 40.5. The third-order valence-electron chi connectivity index (χ3n) is 3.13. The van der Waals surface area contributed by atoms with Crippen LogP contribution in [0.4, 0.5) is 5.69 Å². The molecule has 0 aliphatic heterocycles. The monoisotopic (exact) mass is 307 g/mol. The van der Waals surface area contributed by atoms with Gasteiger partial charge in [0.2, 0.25) is 0 Å². The number of aryl methyl sites for hydroxylation is 1. The first-order valence-electron chi connectivity index (χ1n) is 6.27. The van der Waals surface area contributed by atoms with Crippen molar-refractivity contribution in [3.05, 3.63) is 33.9 Å². The van der Waals surface area contributed by atoms with Crippen molar-refractivity contribution < 1.29 is 19.9 Å². The van der Waals surface area contributed by atoms with Crippen LogP contribution < -0.4 is 0 Å². The molecule has 0 aliphatic rings. The number of aliphatic hydroxyl groups is 1. The summed E-state index contributed by atoms with van der Waals surface area (Å²) in [6.45, 7) is 2.88. The van der Waals surface area contributed by atoms with E-state index >= 15 is 0 Å². The molecule has 0 aliphatic carbocycles. The zero-order valence-electron chi connectivity index (χ0n) is 11.7. The number of nitro groups is 1. The average molecular weight is 307 g/mol. The number of nitro benzene ring substituents is 1. The molecule has 1 aromatic carbocycles. The van der Waals surface area contributed by atoms with Gasteiger partial charge in [-0.2, -0.15) is 0 Å². The number of carboxylic acids is 1. The Morgan fingerprint density at radius 3 is 2.68 bits per heavy atom. The van der Waals surface area contributed by atoms with Gasteiger partial charge in [-0.05, 0) is 24.3 Å². The number of nitrogens with zero attached hydrogens (tertiary/aromatic N) is 5. The Kier molecular flexibility index (Phi) is 4.13. The predicted octanol–water partition coefficient (Wildman–Crippen LogP) is 0.563. The molecular formula is C12H13N5O5. The molecule has 1 heterocycles. The number of benzene rings is 1. The van der Waals surface area contributed by atoms with E-state index in [1.807, 2.05) is 0 Å². The summed E-state index contributed by atoms with van der Waals surface area (Å²) in [4.78, 5) is 21.7. The largest absolute Gasteiger partial charge is 0.480 e. The van der Waals surface area contributed by atoms with E-state index < -0.39 is 23.0 Å². The van der Waals surface area contributed by atoms with Crippen molar-refractivity contribution in [1.82, 2.24) is 20.2 Å². The fraction of sp³-hybridized carbons (Fsp3) is 0.333. The van der Waals surface area contributed by atoms with Crippen molar-refractivity contribution in [2.45, 2.75) is 26.0 Å². The fourth-order valence-electron chi connectivity index (χ4n) is 2.03. The van der Waals surface area contributed by atoms with Crippen LogP contribution in [0.25, 0.3) is 11.4 Å². The van der Waals surface area contributed by atoms with E-state index in [-0.39, 0.29) is 17.1 Å². The van der Waals surface area contributed by atoms with Gasteiger partial charge in [-0.25, -0.2) is 9.48 Å². The second-order valence-electron chi connectivity index (χ2n) is 4.73. The van der Waals surface area contributed by atoms with Crippen molar-refractivity contribution >= 4 is 11.7 Å². The highest BCUT2D eigenvalue weighted by atomic mass is 16.6. The minimum absolute atomic E-state index is 0.0244. The maximum atomic E-state index is 11.3. The van der Waals surface area contributed by atoms with Crippen molar-refractivity contribution in [2.75, 3.05) is 0 Å². The molecule has 0 saturated carbocycles. The van der Waals surface area contributed by atoms with Gasteiger partial charge in [-0.1, -0.05) is 12.1 Å². The quantitative estimate of drug-likeness (QED) is 0.602. The van der Waals surface area contributed by atoms with E-state index in [9.17, 15) is 25.1 Å². The van der Waals surface area contributed by atoms with Crippen LogP contribution in [0.1, 0.15) is 18.5 Å². The van der Waals surface area contributed by atoms with Crippen LogP contribution in [-0.4, -0.2) is 47.4 Å². The molecule has 0 bridgehead atoms. The molecule has 0 saturated heterocycles. The van der Waals surface area contributed by atoms with Crippen LogP contribution in [-0.2, 0) is 4.79 Å². The molecule has 0 amide bonds. The van der Waals surface area contributed by atoms with Gasteiger partial charge in [0, 0.05) is 17.2 Å². The Bertz CT molecular complexity index is 726. The number of hydrogen-bond acceptors (Lipinski definition) is 7. The van der Waals surface area contributed by atoms with Crippen molar-refractivity contribution in [1.29, 1.82) is 0 Å². The van der Waals surface area contributed by atoms with Gasteiger partial charge in [0.05, 0.1) is 11.0 Å². The first-order valence-corrected chi connectivity index (χ1v) is 6.27. The molecule has 22 heavy (non-hydrogen) atoms. The summed E-state index contributed by atoms with van der Waals surface area (Å²) in [5.74, 6) is -1.29. The highest BCUT2D eigenvalue weighted by Crippen LogP contribution is 2.27. The van der Waals surface area contributed by atoms with Crippen molar-refractivity contribution in [3.63, 3.8) is 0 Å². The number of aromatic nitrogens is 4. The number of aliphatic hydroxyl groups excluding tert-OH is 1. The van der Waals surface area contributed by atoms with Crippen LogP contribution in [0.3, 0.4) is 0 Å². The zero-order chi connectivity index (χ0) is 16.4. The van der Waals surface area contributed by atoms with Crippen LogP contribution in [0.5, 0.6) is 0 Å². The number of carboxylic acid groups (broad SMARTS) is 1. The third-order valence-corrected chi connectivity index (χ3v) is 3.13. The molecule has 0 spiro atoms. The molecule has 10 heteroatoms. The van der Waals surface area contributed by atoms with E-state index in [0.717, 1.165) is 4.68 Å². The van der Waals surface area contributed by atoms with Gasteiger partial charge in [0.25, 0.3) is 5.69 Å². The summed E-state index contributed by atoms with van der Waals surface area (Å²) in [5.41, 5.74) is 0.614. The molecule has 2 rings (SSSR count). The first kappa shape index (κ1) is 15.5. The first-order chi connectivity index (χ1) is 10.3. The molecule has 116 valence electrons. The van der Waals surface area contributed by atoms with E-state index in [1.165, 1.54) is 19.1 Å². The number of tetrazole rings is 1. The predicted molar refractivity (Wildman–Crippen MR) is 73.0 cm³/mol. The van der Waals surface area contributed by atoms with Gasteiger partial charge >= 0.3 is 5.97 Å². The highest BCUT2D eigenvalue weighted by molar-refractivity contribution is 5.73. The Morgan fingerprint density at radius 1 is 1.45 bits per heavy atom. The molecule has 0 fully saturated rings. The maximum absolute atomic E-state index is 11.3. The standard InChI is InChI=1S/C12H13N5O5/c1-6-3-4-8(5-9(6)17(21)22)11-13-14-15-16(11)10(7(2)18)12(19)20/h3-5,7,10,18H,1-2H3,(H,19,20). The Morgan fingerprint density at radius 2 is 2.14 bits per heavy atom. The lowest BCUT2D eigenvalue weighted by atomic mass is 10.1. The lowest BCUT2D eigenvalue weighted by Gasteiger charge is -2.16. The van der Waals surface area contributed by atoms with Gasteiger partial charge in [-0.15, -0.1) is 5.10 Å². The minimum atomic E-state index is -1.40. The molecule has 1 aromatic heterocycles. The number of rotatable bonds is 5. The SMILES string of the molecule is Cc1ccc(-c2nnnn2C(C(=O)O)C(C)O)cc1[N+](=O)[O-]. The highest BCUT2D eigenvalue weighted by Gasteiger charge is 2.30. The second kappa shape index (κ2) is 5.85. The van der Waals surface area contributed by atoms with Gasteiger partial charge in [0.15, 0.2) is 11.9 Å². The molecule has 2 atom stereocenters. The second-order valence-corrected chi connectivity index (χ2v) is 4.73. The van der Waals surface area contributed by atoms with Crippen LogP contribution in [0.15, 0.2) is 18.2 Å². The lowest BCUT2D eigenvalue weighted by molar-refractivity contribution is -0.385. The molecular weight excluding hydrogens is 294 g/mol. The molecule has 2 aromatic rings. The molecule has 10 nitrogen and oxygen atoms in total. The van der Waals surface area contributed by atoms with E-state index in [2.05, 4.69) is 15.5 Å². The summed E-state index contributed by atoms with van der Waals surface area (Å²) in [7, 11) is 0.